The number of ether oxygens (including phenoxy) is 1. The van der Waals surface area contributed by atoms with Crippen LogP contribution in [-0.4, -0.2) is 20.9 Å². The summed E-state index contributed by atoms with van der Waals surface area (Å²) in [7, 11) is -3.60. The van der Waals surface area contributed by atoms with Crippen LogP contribution in [0.3, 0.4) is 0 Å². The van der Waals surface area contributed by atoms with Crippen molar-refractivity contribution in [1.82, 2.24) is 4.72 Å². The Morgan fingerprint density at radius 3 is 2.60 bits per heavy atom. The van der Waals surface area contributed by atoms with E-state index in [0.29, 0.717) is 6.54 Å². The zero-order chi connectivity index (χ0) is 15.3. The van der Waals surface area contributed by atoms with Crippen LogP contribution in [0.1, 0.15) is 20.8 Å². The molecule has 0 heterocycles. The lowest BCUT2D eigenvalue weighted by molar-refractivity contribution is -0.130. The molecule has 0 aliphatic rings. The van der Waals surface area contributed by atoms with Gasteiger partial charge in [-0.05, 0) is 25.0 Å². The fourth-order valence-corrected chi connectivity index (χ4v) is 2.51. The number of esters is 1. The first-order chi connectivity index (χ1) is 9.22. The molecule has 0 radical (unpaired) electrons. The summed E-state index contributed by atoms with van der Waals surface area (Å²) >= 11 is 0. The molecule has 1 aromatic carbocycles. The molecule has 1 rings (SSSR count). The Kier molecular flexibility index (Phi) is 5.47. The largest absolute Gasteiger partial charge is 0.423 e. The number of carbonyl (C=O) groups excluding carboxylic acids is 1. The Balaban J connectivity index is 2.92. The van der Waals surface area contributed by atoms with E-state index in [4.69, 9.17) is 4.74 Å². The molecule has 0 aromatic heterocycles. The van der Waals surface area contributed by atoms with Crippen LogP contribution in [0.15, 0.2) is 41.3 Å². The van der Waals surface area contributed by atoms with E-state index in [1.54, 1.807) is 0 Å². The summed E-state index contributed by atoms with van der Waals surface area (Å²) in [6, 6.07) is 5.79. The lowest BCUT2D eigenvalue weighted by Crippen LogP contribution is -2.27. The van der Waals surface area contributed by atoms with Crippen molar-refractivity contribution in [2.24, 2.45) is 5.92 Å². The van der Waals surface area contributed by atoms with Crippen LogP contribution in [0.2, 0.25) is 0 Å². The normalized spacial score (nSPS) is 11.4. The van der Waals surface area contributed by atoms with Crippen molar-refractivity contribution >= 4 is 16.0 Å². The zero-order valence-electron chi connectivity index (χ0n) is 11.8. The molecule has 6 heteroatoms. The van der Waals surface area contributed by atoms with Crippen LogP contribution in [0.4, 0.5) is 0 Å². The third kappa shape index (κ3) is 4.79. The Labute approximate surface area is 119 Å². The molecule has 1 aromatic rings. The van der Waals surface area contributed by atoms with Gasteiger partial charge in [-0.25, -0.2) is 17.9 Å². The molecule has 0 bridgehead atoms. The van der Waals surface area contributed by atoms with Crippen LogP contribution in [0, 0.1) is 5.92 Å². The summed E-state index contributed by atoms with van der Waals surface area (Å²) in [5.41, 5.74) is 0.246. The first-order valence-corrected chi connectivity index (χ1v) is 7.68. The Morgan fingerprint density at radius 2 is 2.05 bits per heavy atom. The lowest BCUT2D eigenvalue weighted by Gasteiger charge is -2.10. The summed E-state index contributed by atoms with van der Waals surface area (Å²) in [5, 5.41) is 0. The molecule has 0 spiro atoms. The van der Waals surface area contributed by atoms with Crippen molar-refractivity contribution in [2.75, 3.05) is 6.54 Å². The van der Waals surface area contributed by atoms with Crippen molar-refractivity contribution in [1.29, 1.82) is 0 Å². The van der Waals surface area contributed by atoms with Gasteiger partial charge in [0.05, 0.1) is 4.90 Å². The number of rotatable bonds is 6. The maximum Gasteiger partial charge on any atom is 0.338 e. The van der Waals surface area contributed by atoms with Crippen LogP contribution < -0.4 is 9.46 Å². The summed E-state index contributed by atoms with van der Waals surface area (Å²) < 4.78 is 31.6. The molecule has 0 saturated heterocycles. The minimum Gasteiger partial charge on any atom is -0.423 e. The Hall–Kier alpha value is -1.66. The van der Waals surface area contributed by atoms with E-state index < -0.39 is 16.0 Å². The van der Waals surface area contributed by atoms with E-state index >= 15 is 0 Å². The number of carbonyl (C=O) groups is 1. The van der Waals surface area contributed by atoms with Gasteiger partial charge in [-0.2, -0.15) is 0 Å². The summed E-state index contributed by atoms with van der Waals surface area (Å²) in [4.78, 5) is 11.5. The average molecular weight is 297 g/mol. The minimum atomic E-state index is -3.60. The summed E-state index contributed by atoms with van der Waals surface area (Å²) in [6.07, 6.45) is 0. The van der Waals surface area contributed by atoms with Crippen LogP contribution >= 0.6 is 0 Å². The predicted molar refractivity (Wildman–Crippen MR) is 76.9 cm³/mol. The van der Waals surface area contributed by atoms with E-state index in [2.05, 4.69) is 11.3 Å². The van der Waals surface area contributed by atoms with Gasteiger partial charge in [-0.3, -0.25) is 0 Å². The lowest BCUT2D eigenvalue weighted by atomic mass is 10.2. The van der Waals surface area contributed by atoms with Gasteiger partial charge >= 0.3 is 5.97 Å². The van der Waals surface area contributed by atoms with Gasteiger partial charge in [0.2, 0.25) is 10.0 Å². The van der Waals surface area contributed by atoms with Gasteiger partial charge in [0.1, 0.15) is 5.75 Å². The molecular formula is C14H19NO4S. The van der Waals surface area contributed by atoms with E-state index in [0.717, 1.165) is 0 Å². The van der Waals surface area contributed by atoms with Gasteiger partial charge in [0, 0.05) is 18.2 Å². The summed E-state index contributed by atoms with van der Waals surface area (Å²) in [6.45, 7) is 9.15. The fraction of sp³-hybridized carbons (Fsp3) is 0.357. The van der Waals surface area contributed by atoms with Gasteiger partial charge < -0.3 is 4.74 Å². The van der Waals surface area contributed by atoms with Crippen molar-refractivity contribution in [2.45, 2.75) is 25.7 Å². The monoisotopic (exact) mass is 297 g/mol. The molecule has 0 saturated carbocycles. The van der Waals surface area contributed by atoms with Crippen LogP contribution in [0.5, 0.6) is 5.75 Å². The molecule has 110 valence electrons. The zero-order valence-corrected chi connectivity index (χ0v) is 12.7. The quantitative estimate of drug-likeness (QED) is 0.496. The molecule has 20 heavy (non-hydrogen) atoms. The second-order valence-electron chi connectivity index (χ2n) is 4.89. The summed E-state index contributed by atoms with van der Waals surface area (Å²) in [5.74, 6) is -0.214. The first kappa shape index (κ1) is 16.4. The highest BCUT2D eigenvalue weighted by Crippen LogP contribution is 2.18. The molecule has 5 nitrogen and oxygen atoms in total. The van der Waals surface area contributed by atoms with E-state index in [1.165, 1.54) is 31.2 Å². The highest BCUT2D eigenvalue weighted by atomic mass is 32.2. The Bertz CT molecular complexity index is 605. The molecule has 0 unspecified atom stereocenters. The topological polar surface area (TPSA) is 72.5 Å². The SMILES string of the molecule is C=C(C)C(=O)Oc1cccc(S(=O)(=O)NCC(C)C)c1. The van der Waals surface area contributed by atoms with Crippen molar-refractivity contribution in [3.8, 4) is 5.75 Å². The molecule has 1 N–H and O–H groups in total. The third-order valence-corrected chi connectivity index (χ3v) is 3.78. The van der Waals surface area contributed by atoms with Gasteiger partial charge in [0.25, 0.3) is 0 Å². The highest BCUT2D eigenvalue weighted by Gasteiger charge is 2.15. The van der Waals surface area contributed by atoms with Crippen molar-refractivity contribution < 1.29 is 17.9 Å². The molecular weight excluding hydrogens is 278 g/mol. The third-order valence-electron chi connectivity index (χ3n) is 2.36. The van der Waals surface area contributed by atoms with Gasteiger partial charge in [0.15, 0.2) is 0 Å². The van der Waals surface area contributed by atoms with E-state index in [-0.39, 0.29) is 22.1 Å². The number of benzene rings is 1. The predicted octanol–water partition coefficient (Wildman–Crippen LogP) is 2.10. The number of hydrogen-bond donors (Lipinski definition) is 1. The number of nitrogens with one attached hydrogen (secondary N) is 1. The smallest absolute Gasteiger partial charge is 0.338 e. The van der Waals surface area contributed by atoms with Crippen molar-refractivity contribution in [3.05, 3.63) is 36.4 Å². The Morgan fingerprint density at radius 1 is 1.40 bits per heavy atom. The second-order valence-corrected chi connectivity index (χ2v) is 6.66. The van der Waals surface area contributed by atoms with Gasteiger partial charge in [-0.15, -0.1) is 0 Å². The van der Waals surface area contributed by atoms with Crippen molar-refractivity contribution in [3.63, 3.8) is 0 Å². The fourth-order valence-electron chi connectivity index (χ4n) is 1.26. The van der Waals surface area contributed by atoms with E-state index in [1.807, 2.05) is 13.8 Å². The van der Waals surface area contributed by atoms with Crippen LogP contribution in [-0.2, 0) is 14.8 Å². The highest BCUT2D eigenvalue weighted by molar-refractivity contribution is 7.89. The first-order valence-electron chi connectivity index (χ1n) is 6.20. The number of sulfonamides is 1. The molecule has 0 aliphatic carbocycles. The molecule has 0 atom stereocenters. The molecule has 0 amide bonds. The maximum absolute atomic E-state index is 12.0. The molecule has 0 fully saturated rings. The minimum absolute atomic E-state index is 0.0603. The standard InChI is InChI=1S/C14H19NO4S/c1-10(2)9-15-20(17,18)13-7-5-6-12(8-13)19-14(16)11(3)4/h5-8,10,15H,3,9H2,1-2,4H3. The molecule has 0 aliphatic heterocycles. The van der Waals surface area contributed by atoms with Crippen LogP contribution in [0.25, 0.3) is 0 Å². The second kappa shape index (κ2) is 6.67. The van der Waals surface area contributed by atoms with Gasteiger partial charge in [-0.1, -0.05) is 26.5 Å². The number of hydrogen-bond acceptors (Lipinski definition) is 4. The average Bonchev–Trinajstić information content (AvgIpc) is 2.36. The van der Waals surface area contributed by atoms with E-state index in [9.17, 15) is 13.2 Å². The maximum atomic E-state index is 12.0.